The van der Waals surface area contributed by atoms with E-state index in [2.05, 4.69) is 11.1 Å². The molecule has 2 aliphatic rings. The summed E-state index contributed by atoms with van der Waals surface area (Å²) in [6, 6.07) is 4.07. The van der Waals surface area contributed by atoms with E-state index in [1.54, 1.807) is 20.0 Å². The Bertz CT molecular complexity index is 545. The number of pyridine rings is 1. The Morgan fingerprint density at radius 2 is 2.22 bits per heavy atom. The number of hydrogen-bond acceptors (Lipinski definition) is 4. The van der Waals surface area contributed by atoms with Gasteiger partial charge in [0.25, 0.3) is 0 Å². The number of amides is 1. The molecule has 1 aromatic rings. The molecule has 2 fully saturated rings. The SMILES string of the molecule is CC(C)(N)C(=O)N1CCC2(CC1)COC(Cc1cccnc1)C2. The molecule has 1 spiro atoms. The lowest BCUT2D eigenvalue weighted by atomic mass is 9.76. The summed E-state index contributed by atoms with van der Waals surface area (Å²) in [6.45, 7) is 5.96. The fraction of sp³-hybridized carbons (Fsp3) is 0.667. The van der Waals surface area contributed by atoms with Crippen LogP contribution in [-0.2, 0) is 16.0 Å². The van der Waals surface area contributed by atoms with Gasteiger partial charge in [-0.15, -0.1) is 0 Å². The standard InChI is InChI=1S/C18H27N3O2/c1-17(2,19)16(22)21-8-5-18(6-9-21)11-15(23-13-18)10-14-4-3-7-20-12-14/h3-4,7,12,15H,5-6,8-11,13,19H2,1-2H3. The van der Waals surface area contributed by atoms with Gasteiger partial charge in [0.05, 0.1) is 18.2 Å². The zero-order valence-corrected chi connectivity index (χ0v) is 14.1. The molecule has 1 atom stereocenters. The number of carbonyl (C=O) groups is 1. The second-order valence-electron chi connectivity index (χ2n) is 7.72. The van der Waals surface area contributed by atoms with Gasteiger partial charge in [-0.3, -0.25) is 9.78 Å². The summed E-state index contributed by atoms with van der Waals surface area (Å²) in [5, 5.41) is 0. The van der Waals surface area contributed by atoms with E-state index in [1.807, 2.05) is 17.2 Å². The van der Waals surface area contributed by atoms with Crippen molar-refractivity contribution < 1.29 is 9.53 Å². The Morgan fingerprint density at radius 3 is 2.83 bits per heavy atom. The third-order valence-corrected chi connectivity index (χ3v) is 5.13. The summed E-state index contributed by atoms with van der Waals surface area (Å²) in [6.07, 6.45) is 8.01. The third kappa shape index (κ3) is 3.72. The number of nitrogens with two attached hydrogens (primary N) is 1. The summed E-state index contributed by atoms with van der Waals surface area (Å²) in [4.78, 5) is 18.4. The normalized spacial score (nSPS) is 24.1. The number of aromatic nitrogens is 1. The van der Waals surface area contributed by atoms with E-state index < -0.39 is 5.54 Å². The maximum absolute atomic E-state index is 12.3. The van der Waals surface area contributed by atoms with E-state index in [4.69, 9.17) is 10.5 Å². The van der Waals surface area contributed by atoms with Crippen LogP contribution in [0, 0.1) is 5.41 Å². The van der Waals surface area contributed by atoms with Gasteiger partial charge in [-0.2, -0.15) is 0 Å². The van der Waals surface area contributed by atoms with Crippen molar-refractivity contribution in [1.82, 2.24) is 9.88 Å². The molecule has 126 valence electrons. The first-order valence-electron chi connectivity index (χ1n) is 8.47. The molecule has 1 aromatic heterocycles. The van der Waals surface area contributed by atoms with E-state index in [0.29, 0.717) is 0 Å². The van der Waals surface area contributed by atoms with Crippen LogP contribution in [-0.4, -0.2) is 47.1 Å². The van der Waals surface area contributed by atoms with Crippen molar-refractivity contribution in [2.75, 3.05) is 19.7 Å². The van der Waals surface area contributed by atoms with Crippen LogP contribution < -0.4 is 5.73 Å². The lowest BCUT2D eigenvalue weighted by Crippen LogP contribution is -2.54. The zero-order valence-electron chi connectivity index (χ0n) is 14.1. The number of likely N-dealkylation sites (tertiary alicyclic amines) is 1. The minimum atomic E-state index is -0.778. The van der Waals surface area contributed by atoms with Crippen LogP contribution in [0.2, 0.25) is 0 Å². The number of hydrogen-bond donors (Lipinski definition) is 1. The topological polar surface area (TPSA) is 68.5 Å². The largest absolute Gasteiger partial charge is 0.377 e. The Morgan fingerprint density at radius 1 is 1.48 bits per heavy atom. The summed E-state index contributed by atoms with van der Waals surface area (Å²) in [5.74, 6) is 0.0539. The maximum atomic E-state index is 12.3. The Balaban J connectivity index is 1.54. The third-order valence-electron chi connectivity index (χ3n) is 5.13. The Kier molecular flexibility index (Phi) is 4.43. The van der Waals surface area contributed by atoms with Crippen molar-refractivity contribution in [1.29, 1.82) is 0 Å². The fourth-order valence-electron chi connectivity index (χ4n) is 3.75. The van der Waals surface area contributed by atoms with Crippen LogP contribution in [0.3, 0.4) is 0 Å². The van der Waals surface area contributed by atoms with Crippen LogP contribution in [0.4, 0.5) is 0 Å². The zero-order chi connectivity index (χ0) is 16.5. The molecule has 1 unspecified atom stereocenters. The molecule has 2 aliphatic heterocycles. The van der Waals surface area contributed by atoms with Crippen LogP contribution >= 0.6 is 0 Å². The average molecular weight is 317 g/mol. The van der Waals surface area contributed by atoms with Gasteiger partial charge in [0.15, 0.2) is 0 Å². The lowest BCUT2D eigenvalue weighted by molar-refractivity contribution is -0.138. The minimum Gasteiger partial charge on any atom is -0.377 e. The quantitative estimate of drug-likeness (QED) is 0.922. The highest BCUT2D eigenvalue weighted by atomic mass is 16.5. The highest BCUT2D eigenvalue weighted by Gasteiger charge is 2.44. The summed E-state index contributed by atoms with van der Waals surface area (Å²) in [7, 11) is 0. The first kappa shape index (κ1) is 16.4. The Labute approximate surface area is 138 Å². The van der Waals surface area contributed by atoms with E-state index in [-0.39, 0.29) is 17.4 Å². The van der Waals surface area contributed by atoms with Crippen molar-refractivity contribution in [3.8, 4) is 0 Å². The van der Waals surface area contributed by atoms with E-state index in [9.17, 15) is 4.79 Å². The summed E-state index contributed by atoms with van der Waals surface area (Å²) in [5.41, 5.74) is 6.63. The van der Waals surface area contributed by atoms with E-state index in [0.717, 1.165) is 45.4 Å². The number of piperidine rings is 1. The van der Waals surface area contributed by atoms with Crippen LogP contribution in [0.25, 0.3) is 0 Å². The van der Waals surface area contributed by atoms with Crippen molar-refractivity contribution in [2.24, 2.45) is 11.1 Å². The van der Waals surface area contributed by atoms with E-state index >= 15 is 0 Å². The Hall–Kier alpha value is -1.46. The van der Waals surface area contributed by atoms with Gasteiger partial charge in [0.1, 0.15) is 0 Å². The molecular formula is C18H27N3O2. The molecule has 0 radical (unpaired) electrons. The average Bonchev–Trinajstić information content (AvgIpc) is 2.90. The molecule has 0 saturated carbocycles. The van der Waals surface area contributed by atoms with Crippen molar-refractivity contribution in [2.45, 2.75) is 51.2 Å². The molecule has 5 nitrogen and oxygen atoms in total. The summed E-state index contributed by atoms with van der Waals surface area (Å²) < 4.78 is 6.06. The van der Waals surface area contributed by atoms with Crippen LogP contribution in [0.5, 0.6) is 0 Å². The second kappa shape index (κ2) is 6.21. The molecule has 2 N–H and O–H groups in total. The van der Waals surface area contributed by atoms with Crippen molar-refractivity contribution >= 4 is 5.91 Å². The number of rotatable bonds is 3. The van der Waals surface area contributed by atoms with Crippen LogP contribution in [0.1, 0.15) is 38.7 Å². The van der Waals surface area contributed by atoms with Gasteiger partial charge < -0.3 is 15.4 Å². The monoisotopic (exact) mass is 317 g/mol. The van der Waals surface area contributed by atoms with Gasteiger partial charge in [-0.05, 0) is 50.2 Å². The summed E-state index contributed by atoms with van der Waals surface area (Å²) >= 11 is 0. The fourth-order valence-corrected chi connectivity index (χ4v) is 3.75. The van der Waals surface area contributed by atoms with Gasteiger partial charge in [-0.25, -0.2) is 0 Å². The lowest BCUT2D eigenvalue weighted by Gasteiger charge is -2.40. The molecule has 23 heavy (non-hydrogen) atoms. The molecule has 3 heterocycles. The van der Waals surface area contributed by atoms with Crippen LogP contribution in [0.15, 0.2) is 24.5 Å². The first-order chi connectivity index (χ1) is 10.9. The van der Waals surface area contributed by atoms with Gasteiger partial charge in [0, 0.05) is 31.9 Å². The van der Waals surface area contributed by atoms with Gasteiger partial charge in [-0.1, -0.05) is 6.07 Å². The predicted octanol–water partition coefficient (Wildman–Crippen LogP) is 1.76. The van der Waals surface area contributed by atoms with Crippen molar-refractivity contribution in [3.63, 3.8) is 0 Å². The second-order valence-corrected chi connectivity index (χ2v) is 7.72. The molecule has 0 bridgehead atoms. The molecule has 0 aliphatic carbocycles. The molecule has 3 rings (SSSR count). The van der Waals surface area contributed by atoms with E-state index in [1.165, 1.54) is 5.56 Å². The number of nitrogens with zero attached hydrogens (tertiary/aromatic N) is 2. The first-order valence-corrected chi connectivity index (χ1v) is 8.47. The minimum absolute atomic E-state index is 0.0539. The predicted molar refractivity (Wildman–Crippen MR) is 88.8 cm³/mol. The van der Waals surface area contributed by atoms with Gasteiger partial charge >= 0.3 is 0 Å². The van der Waals surface area contributed by atoms with Crippen molar-refractivity contribution in [3.05, 3.63) is 30.1 Å². The number of ether oxygens (including phenoxy) is 1. The van der Waals surface area contributed by atoms with Gasteiger partial charge in [0.2, 0.25) is 5.91 Å². The molecule has 0 aromatic carbocycles. The molecular weight excluding hydrogens is 290 g/mol. The smallest absolute Gasteiger partial charge is 0.242 e. The highest BCUT2D eigenvalue weighted by Crippen LogP contribution is 2.42. The number of carbonyl (C=O) groups excluding carboxylic acids is 1. The maximum Gasteiger partial charge on any atom is 0.242 e. The highest BCUT2D eigenvalue weighted by molar-refractivity contribution is 5.85. The molecule has 2 saturated heterocycles. The molecule has 1 amide bonds. The molecule has 5 heteroatoms.